The largest absolute Gasteiger partial charge is 0.504 e. The first-order valence-corrected chi connectivity index (χ1v) is 7.43. The second-order valence-corrected chi connectivity index (χ2v) is 5.14. The Morgan fingerprint density at radius 3 is 2.62 bits per heavy atom. The average Bonchev–Trinajstić information content (AvgIpc) is 3.02. The zero-order valence-corrected chi connectivity index (χ0v) is 13.1. The van der Waals surface area contributed by atoms with Gasteiger partial charge in [-0.3, -0.25) is 4.79 Å². The van der Waals surface area contributed by atoms with Gasteiger partial charge in [0.25, 0.3) is 5.91 Å². The van der Waals surface area contributed by atoms with Crippen molar-refractivity contribution in [2.75, 3.05) is 7.11 Å². The fourth-order valence-corrected chi connectivity index (χ4v) is 2.35. The number of benzene rings is 2. The minimum atomic E-state index is -0.451. The Morgan fingerprint density at radius 1 is 1.17 bits per heavy atom. The molecule has 0 aliphatic heterocycles. The van der Waals surface area contributed by atoms with Crippen LogP contribution in [0, 0.1) is 0 Å². The van der Waals surface area contributed by atoms with Gasteiger partial charge in [0, 0.05) is 12.1 Å². The highest BCUT2D eigenvalue weighted by Gasteiger charge is 2.17. The van der Waals surface area contributed by atoms with Gasteiger partial charge in [0.15, 0.2) is 11.4 Å². The Morgan fingerprint density at radius 2 is 1.88 bits per heavy atom. The molecule has 0 bridgehead atoms. The van der Waals surface area contributed by atoms with Gasteiger partial charge < -0.3 is 15.2 Å². The van der Waals surface area contributed by atoms with Crippen LogP contribution in [-0.4, -0.2) is 27.9 Å². The lowest BCUT2D eigenvalue weighted by Gasteiger charge is -2.08. The maximum atomic E-state index is 12.3. The number of nitrogens with one attached hydrogen (secondary N) is 1. The van der Waals surface area contributed by atoms with Gasteiger partial charge in [-0.15, -0.1) is 0 Å². The van der Waals surface area contributed by atoms with Crippen molar-refractivity contribution in [1.29, 1.82) is 0 Å². The highest BCUT2D eigenvalue weighted by Crippen LogP contribution is 2.19. The van der Waals surface area contributed by atoms with Crippen LogP contribution in [0.1, 0.15) is 16.1 Å². The van der Waals surface area contributed by atoms with Crippen molar-refractivity contribution < 1.29 is 14.6 Å². The number of amides is 1. The van der Waals surface area contributed by atoms with Crippen molar-refractivity contribution in [2.24, 2.45) is 0 Å². The molecule has 2 N–H and O–H groups in total. The van der Waals surface area contributed by atoms with E-state index in [4.69, 9.17) is 4.74 Å². The number of carbonyl (C=O) groups excluding carboxylic acids is 1. The molecule has 24 heavy (non-hydrogen) atoms. The van der Waals surface area contributed by atoms with Gasteiger partial charge in [0.2, 0.25) is 0 Å². The van der Waals surface area contributed by atoms with E-state index in [0.29, 0.717) is 5.75 Å². The second-order valence-electron chi connectivity index (χ2n) is 5.14. The quantitative estimate of drug-likeness (QED) is 0.756. The lowest BCUT2D eigenvalue weighted by molar-refractivity contribution is 0.0942. The molecule has 122 valence electrons. The molecule has 0 unspecified atom stereocenters. The third-order valence-corrected chi connectivity index (χ3v) is 3.56. The molecule has 0 spiro atoms. The summed E-state index contributed by atoms with van der Waals surface area (Å²) < 4.78 is 6.71. The first-order valence-electron chi connectivity index (χ1n) is 7.43. The number of methoxy groups -OCH3 is 1. The topological polar surface area (TPSA) is 76.4 Å². The van der Waals surface area contributed by atoms with E-state index in [1.54, 1.807) is 7.11 Å². The number of para-hydroxylation sites is 2. The predicted molar refractivity (Wildman–Crippen MR) is 89.4 cm³/mol. The van der Waals surface area contributed by atoms with E-state index >= 15 is 0 Å². The minimum Gasteiger partial charge on any atom is -0.504 e. The smallest absolute Gasteiger partial charge is 0.275 e. The third kappa shape index (κ3) is 3.22. The van der Waals surface area contributed by atoms with Crippen molar-refractivity contribution >= 4 is 5.91 Å². The summed E-state index contributed by atoms with van der Waals surface area (Å²) in [6.45, 7) is 0.278. The number of aromatic hydroxyl groups is 1. The Hall–Kier alpha value is -3.28. The molecule has 0 aliphatic rings. The molecule has 2 aromatic carbocycles. The molecular weight excluding hydrogens is 306 g/mol. The molecule has 1 heterocycles. The molecule has 3 rings (SSSR count). The fraction of sp³-hybridized carbons (Fsp3) is 0.111. The lowest BCUT2D eigenvalue weighted by Crippen LogP contribution is -2.23. The summed E-state index contributed by atoms with van der Waals surface area (Å²) in [7, 11) is 1.58. The molecule has 1 amide bonds. The number of hydrogen-bond acceptors (Lipinski definition) is 4. The summed E-state index contributed by atoms with van der Waals surface area (Å²) in [5.41, 5.74) is 1.58. The molecule has 0 fully saturated rings. The van der Waals surface area contributed by atoms with Crippen LogP contribution in [0.4, 0.5) is 0 Å². The summed E-state index contributed by atoms with van der Waals surface area (Å²) in [5, 5.41) is 16.9. The first kappa shape index (κ1) is 15.6. The SMILES string of the molecule is COc1ccccc1CNC(=O)c1nn(-c2ccccc2)cc1O. The fourth-order valence-electron chi connectivity index (χ4n) is 2.35. The van der Waals surface area contributed by atoms with Crippen molar-refractivity contribution in [3.63, 3.8) is 0 Å². The molecule has 0 aliphatic carbocycles. The molecule has 6 heteroatoms. The average molecular weight is 323 g/mol. The molecule has 0 radical (unpaired) electrons. The van der Waals surface area contributed by atoms with Gasteiger partial charge in [-0.05, 0) is 18.2 Å². The van der Waals surface area contributed by atoms with E-state index in [1.807, 2.05) is 54.6 Å². The number of rotatable bonds is 5. The Bertz CT molecular complexity index is 844. The van der Waals surface area contributed by atoms with Crippen LogP contribution >= 0.6 is 0 Å². The van der Waals surface area contributed by atoms with Crippen LogP contribution in [0.25, 0.3) is 5.69 Å². The summed E-state index contributed by atoms with van der Waals surface area (Å²) in [6.07, 6.45) is 1.41. The highest BCUT2D eigenvalue weighted by atomic mass is 16.5. The van der Waals surface area contributed by atoms with E-state index in [-0.39, 0.29) is 18.0 Å². The molecular formula is C18H17N3O3. The zero-order valence-electron chi connectivity index (χ0n) is 13.1. The normalized spacial score (nSPS) is 10.4. The first-order chi connectivity index (χ1) is 11.7. The monoisotopic (exact) mass is 323 g/mol. The van der Waals surface area contributed by atoms with Gasteiger partial charge in [0.05, 0.1) is 19.0 Å². The van der Waals surface area contributed by atoms with E-state index in [0.717, 1.165) is 11.3 Å². The van der Waals surface area contributed by atoms with Gasteiger partial charge in [-0.1, -0.05) is 36.4 Å². The number of nitrogens with zero attached hydrogens (tertiary/aromatic N) is 2. The van der Waals surface area contributed by atoms with Gasteiger partial charge in [-0.2, -0.15) is 5.10 Å². The van der Waals surface area contributed by atoms with E-state index in [9.17, 15) is 9.90 Å². The molecule has 0 saturated heterocycles. The molecule has 1 aromatic heterocycles. The predicted octanol–water partition coefficient (Wildman–Crippen LogP) is 2.52. The maximum Gasteiger partial charge on any atom is 0.275 e. The number of aromatic nitrogens is 2. The second kappa shape index (κ2) is 6.87. The van der Waals surface area contributed by atoms with Crippen LogP contribution in [0.5, 0.6) is 11.5 Å². The summed E-state index contributed by atoms with van der Waals surface area (Å²) >= 11 is 0. The lowest BCUT2D eigenvalue weighted by atomic mass is 10.2. The summed E-state index contributed by atoms with van der Waals surface area (Å²) in [4.78, 5) is 12.3. The molecule has 6 nitrogen and oxygen atoms in total. The van der Waals surface area contributed by atoms with Crippen LogP contribution in [0.3, 0.4) is 0 Å². The zero-order chi connectivity index (χ0) is 16.9. The highest BCUT2D eigenvalue weighted by molar-refractivity contribution is 5.94. The summed E-state index contributed by atoms with van der Waals surface area (Å²) in [5.74, 6) is 0.0707. The van der Waals surface area contributed by atoms with E-state index < -0.39 is 5.91 Å². The van der Waals surface area contributed by atoms with Crippen LogP contribution in [0.2, 0.25) is 0 Å². The Kier molecular flexibility index (Phi) is 4.47. The Labute approximate surface area is 139 Å². The summed E-state index contributed by atoms with van der Waals surface area (Å²) in [6, 6.07) is 16.7. The molecule has 0 saturated carbocycles. The van der Waals surface area contributed by atoms with Crippen LogP contribution in [0.15, 0.2) is 60.8 Å². The number of hydrogen-bond donors (Lipinski definition) is 2. The van der Waals surface area contributed by atoms with E-state index in [1.165, 1.54) is 10.9 Å². The van der Waals surface area contributed by atoms with Gasteiger partial charge >= 0.3 is 0 Å². The van der Waals surface area contributed by atoms with E-state index in [2.05, 4.69) is 10.4 Å². The van der Waals surface area contributed by atoms with Crippen LogP contribution < -0.4 is 10.1 Å². The van der Waals surface area contributed by atoms with Crippen molar-refractivity contribution in [3.8, 4) is 17.2 Å². The third-order valence-electron chi connectivity index (χ3n) is 3.56. The molecule has 3 aromatic rings. The van der Waals surface area contributed by atoms with Gasteiger partial charge in [0.1, 0.15) is 5.75 Å². The molecule has 0 atom stereocenters. The maximum absolute atomic E-state index is 12.3. The minimum absolute atomic E-state index is 0.0197. The van der Waals surface area contributed by atoms with Crippen molar-refractivity contribution in [2.45, 2.75) is 6.54 Å². The van der Waals surface area contributed by atoms with Crippen molar-refractivity contribution in [3.05, 3.63) is 72.1 Å². The number of carbonyl (C=O) groups is 1. The van der Waals surface area contributed by atoms with Crippen LogP contribution in [-0.2, 0) is 6.54 Å². The standard InChI is InChI=1S/C18H17N3O3/c1-24-16-10-6-5-7-13(16)11-19-18(23)17-15(22)12-21(20-17)14-8-3-2-4-9-14/h2-10,12,22H,11H2,1H3,(H,19,23). The Balaban J connectivity index is 1.75. The van der Waals surface area contributed by atoms with Gasteiger partial charge in [-0.25, -0.2) is 4.68 Å². The van der Waals surface area contributed by atoms with Crippen molar-refractivity contribution in [1.82, 2.24) is 15.1 Å². The number of ether oxygens (including phenoxy) is 1.